The normalized spacial score (nSPS) is 12.3. The zero-order chi connectivity index (χ0) is 15.7. The fourth-order valence-corrected chi connectivity index (χ4v) is 2.17. The minimum absolute atomic E-state index is 0.0977. The second-order valence-corrected chi connectivity index (χ2v) is 5.28. The van der Waals surface area contributed by atoms with Crippen molar-refractivity contribution in [2.75, 3.05) is 0 Å². The first-order valence-corrected chi connectivity index (χ1v) is 6.60. The third-order valence-corrected chi connectivity index (χ3v) is 3.54. The molecule has 0 aliphatic rings. The summed E-state index contributed by atoms with van der Waals surface area (Å²) in [6, 6.07) is 5.07. The van der Waals surface area contributed by atoms with E-state index in [4.69, 9.17) is 9.52 Å². The maximum atomic E-state index is 12.2. The Labute approximate surface area is 121 Å². The molecule has 0 saturated heterocycles. The largest absolute Gasteiger partial charge is 0.481 e. The Morgan fingerprint density at radius 3 is 2.43 bits per heavy atom. The van der Waals surface area contributed by atoms with Crippen LogP contribution >= 0.6 is 0 Å². The quantitative estimate of drug-likeness (QED) is 0.690. The lowest BCUT2D eigenvalue weighted by molar-refractivity contribution is -0.137. The number of Topliss-reactive ketones (excluding diaryl/α,β-unsaturated/α-hetero) is 1. The predicted octanol–water partition coefficient (Wildman–Crippen LogP) is 2.70. The molecule has 5 nitrogen and oxygen atoms in total. The van der Waals surface area contributed by atoms with Gasteiger partial charge in [-0.2, -0.15) is 0 Å². The van der Waals surface area contributed by atoms with Crippen LogP contribution < -0.4 is 5.63 Å². The number of aliphatic carboxylic acids is 1. The molecule has 2 rings (SSSR count). The van der Waals surface area contributed by atoms with Gasteiger partial charge in [-0.15, -0.1) is 0 Å². The summed E-state index contributed by atoms with van der Waals surface area (Å²) in [6.45, 7) is 5.32. The van der Waals surface area contributed by atoms with Gasteiger partial charge in [0.1, 0.15) is 11.1 Å². The van der Waals surface area contributed by atoms with Gasteiger partial charge in [-0.3, -0.25) is 9.59 Å². The van der Waals surface area contributed by atoms with Crippen LogP contribution in [-0.4, -0.2) is 16.9 Å². The molecule has 21 heavy (non-hydrogen) atoms. The second kappa shape index (κ2) is 5.52. The molecular weight excluding hydrogens is 272 g/mol. The summed E-state index contributed by atoms with van der Waals surface area (Å²) >= 11 is 0. The van der Waals surface area contributed by atoms with E-state index in [1.54, 1.807) is 6.07 Å². The molecular formula is C16H16O5. The Bertz CT molecular complexity index is 785. The standard InChI is InChI=1S/C16H16O5/c1-8-4-11-7-12(15(19)10(3)6-14(17)18)16(20)21-13(11)5-9(8)2/h4-5,7,10H,6H2,1-3H3,(H,17,18). The third kappa shape index (κ3) is 3.02. The summed E-state index contributed by atoms with van der Waals surface area (Å²) in [6.07, 6.45) is -0.316. The molecule has 1 atom stereocenters. The zero-order valence-electron chi connectivity index (χ0n) is 12.1. The van der Waals surface area contributed by atoms with Crippen LogP contribution in [0.5, 0.6) is 0 Å². The highest BCUT2D eigenvalue weighted by molar-refractivity contribution is 6.00. The van der Waals surface area contributed by atoms with E-state index in [-0.39, 0.29) is 12.0 Å². The molecule has 0 bridgehead atoms. The van der Waals surface area contributed by atoms with Gasteiger partial charge in [0.05, 0.1) is 6.42 Å². The maximum absolute atomic E-state index is 12.2. The van der Waals surface area contributed by atoms with Crippen molar-refractivity contribution in [2.45, 2.75) is 27.2 Å². The lowest BCUT2D eigenvalue weighted by atomic mass is 9.96. The number of hydrogen-bond acceptors (Lipinski definition) is 4. The number of rotatable bonds is 4. The minimum Gasteiger partial charge on any atom is -0.481 e. The minimum atomic E-state index is -1.08. The van der Waals surface area contributed by atoms with Crippen LogP contribution in [0.4, 0.5) is 0 Å². The van der Waals surface area contributed by atoms with E-state index in [0.29, 0.717) is 11.0 Å². The van der Waals surface area contributed by atoms with Gasteiger partial charge in [0, 0.05) is 11.3 Å². The first-order valence-electron chi connectivity index (χ1n) is 6.60. The molecule has 1 N–H and O–H groups in total. The fraction of sp³-hybridized carbons (Fsp3) is 0.312. The summed E-state index contributed by atoms with van der Waals surface area (Å²) in [7, 11) is 0. The molecule has 0 spiro atoms. The molecule has 1 heterocycles. The molecule has 0 amide bonds. The van der Waals surface area contributed by atoms with E-state index in [1.165, 1.54) is 13.0 Å². The summed E-state index contributed by atoms with van der Waals surface area (Å²) in [5.74, 6) is -2.35. The molecule has 1 unspecified atom stereocenters. The third-order valence-electron chi connectivity index (χ3n) is 3.54. The lowest BCUT2D eigenvalue weighted by Crippen LogP contribution is -2.21. The number of carboxylic acid groups (broad SMARTS) is 1. The van der Waals surface area contributed by atoms with Crippen LogP contribution in [0.15, 0.2) is 27.4 Å². The van der Waals surface area contributed by atoms with Crippen molar-refractivity contribution in [1.29, 1.82) is 0 Å². The smallest absolute Gasteiger partial charge is 0.347 e. The van der Waals surface area contributed by atoms with Crippen molar-refractivity contribution in [3.05, 3.63) is 45.3 Å². The van der Waals surface area contributed by atoms with E-state index in [1.807, 2.05) is 19.9 Å². The Morgan fingerprint density at radius 2 is 1.81 bits per heavy atom. The molecule has 0 radical (unpaired) electrons. The van der Waals surface area contributed by atoms with Crippen molar-refractivity contribution < 1.29 is 19.1 Å². The van der Waals surface area contributed by atoms with Crippen molar-refractivity contribution in [3.8, 4) is 0 Å². The molecule has 1 aromatic heterocycles. The average molecular weight is 288 g/mol. The number of benzene rings is 1. The predicted molar refractivity (Wildman–Crippen MR) is 77.7 cm³/mol. The Balaban J connectivity index is 2.52. The Morgan fingerprint density at radius 1 is 1.19 bits per heavy atom. The summed E-state index contributed by atoms with van der Waals surface area (Å²) in [5, 5.41) is 9.39. The van der Waals surface area contributed by atoms with E-state index < -0.39 is 23.3 Å². The Hall–Kier alpha value is -2.43. The van der Waals surface area contributed by atoms with Crippen LogP contribution in [0.2, 0.25) is 0 Å². The fourth-order valence-electron chi connectivity index (χ4n) is 2.17. The summed E-state index contributed by atoms with van der Waals surface area (Å²) < 4.78 is 5.18. The van der Waals surface area contributed by atoms with E-state index in [9.17, 15) is 14.4 Å². The van der Waals surface area contributed by atoms with Crippen molar-refractivity contribution in [2.24, 2.45) is 5.92 Å². The van der Waals surface area contributed by atoms with Gasteiger partial charge in [-0.25, -0.2) is 4.79 Å². The molecule has 0 aliphatic carbocycles. The molecule has 110 valence electrons. The van der Waals surface area contributed by atoms with Crippen LogP contribution in [0.1, 0.15) is 34.8 Å². The van der Waals surface area contributed by atoms with Crippen molar-refractivity contribution in [1.82, 2.24) is 0 Å². The van der Waals surface area contributed by atoms with Gasteiger partial charge in [0.15, 0.2) is 5.78 Å². The van der Waals surface area contributed by atoms with Gasteiger partial charge < -0.3 is 9.52 Å². The first kappa shape index (κ1) is 15.0. The van der Waals surface area contributed by atoms with Crippen LogP contribution in [0.25, 0.3) is 11.0 Å². The highest BCUT2D eigenvalue weighted by Gasteiger charge is 2.22. The van der Waals surface area contributed by atoms with Gasteiger partial charge in [-0.1, -0.05) is 6.92 Å². The lowest BCUT2D eigenvalue weighted by Gasteiger charge is -2.08. The molecule has 0 saturated carbocycles. The summed E-state index contributed by atoms with van der Waals surface area (Å²) in [5.41, 5.74) is 1.61. The number of carbonyl (C=O) groups is 2. The van der Waals surface area contributed by atoms with Crippen LogP contribution in [0, 0.1) is 19.8 Å². The van der Waals surface area contributed by atoms with E-state index >= 15 is 0 Å². The second-order valence-electron chi connectivity index (χ2n) is 5.28. The van der Waals surface area contributed by atoms with Crippen LogP contribution in [-0.2, 0) is 4.79 Å². The number of ketones is 1. The van der Waals surface area contributed by atoms with Gasteiger partial charge in [-0.05, 0) is 43.2 Å². The topological polar surface area (TPSA) is 84.6 Å². The SMILES string of the molecule is Cc1cc2cc(C(=O)C(C)CC(=O)O)c(=O)oc2cc1C. The maximum Gasteiger partial charge on any atom is 0.347 e. The molecule has 0 fully saturated rings. The first-order chi connectivity index (χ1) is 9.79. The van der Waals surface area contributed by atoms with Gasteiger partial charge in [0.25, 0.3) is 0 Å². The van der Waals surface area contributed by atoms with Crippen molar-refractivity contribution in [3.63, 3.8) is 0 Å². The molecule has 1 aromatic carbocycles. The molecule has 2 aromatic rings. The summed E-state index contributed by atoms with van der Waals surface area (Å²) in [4.78, 5) is 34.8. The average Bonchev–Trinajstić information content (AvgIpc) is 2.38. The number of hydrogen-bond donors (Lipinski definition) is 1. The monoisotopic (exact) mass is 288 g/mol. The number of carboxylic acids is 1. The number of aryl methyl sites for hydroxylation is 2. The van der Waals surface area contributed by atoms with Crippen LogP contribution in [0.3, 0.4) is 0 Å². The van der Waals surface area contributed by atoms with Gasteiger partial charge in [0.2, 0.25) is 0 Å². The zero-order valence-corrected chi connectivity index (χ0v) is 12.1. The highest BCUT2D eigenvalue weighted by atomic mass is 16.4. The molecule has 0 aliphatic heterocycles. The van der Waals surface area contributed by atoms with Gasteiger partial charge >= 0.3 is 11.6 Å². The van der Waals surface area contributed by atoms with E-state index in [2.05, 4.69) is 0 Å². The van der Waals surface area contributed by atoms with E-state index in [0.717, 1.165) is 11.1 Å². The Kier molecular flexibility index (Phi) is 3.93. The highest BCUT2D eigenvalue weighted by Crippen LogP contribution is 2.20. The number of fused-ring (bicyclic) bond motifs is 1. The van der Waals surface area contributed by atoms with Crippen molar-refractivity contribution >= 4 is 22.7 Å². The molecule has 5 heteroatoms. The number of carbonyl (C=O) groups excluding carboxylic acids is 1.